The number of alkyl halides is 1. The molecule has 5 heteroatoms. The second kappa shape index (κ2) is 7.41. The Labute approximate surface area is 125 Å². The van der Waals surface area contributed by atoms with E-state index in [2.05, 4.69) is 41.4 Å². The average Bonchev–Trinajstić information content (AvgIpc) is 2.87. The van der Waals surface area contributed by atoms with Crippen molar-refractivity contribution in [1.29, 1.82) is 0 Å². The minimum absolute atomic E-state index is 0.127. The van der Waals surface area contributed by atoms with Crippen molar-refractivity contribution in [2.24, 2.45) is 5.92 Å². The highest BCUT2D eigenvalue weighted by molar-refractivity contribution is 6.18. The number of hydrogen-bond acceptors (Lipinski definition) is 3. The van der Waals surface area contributed by atoms with Crippen LogP contribution in [0.1, 0.15) is 31.3 Å². The lowest BCUT2D eigenvalue weighted by Gasteiger charge is -2.16. The first kappa shape index (κ1) is 15.0. The van der Waals surface area contributed by atoms with Crippen LogP contribution in [0.15, 0.2) is 36.7 Å². The lowest BCUT2D eigenvalue weighted by atomic mass is 10.1. The fourth-order valence-electron chi connectivity index (χ4n) is 2.08. The van der Waals surface area contributed by atoms with E-state index in [1.807, 2.05) is 22.9 Å². The molecule has 1 aromatic heterocycles. The molecule has 1 aromatic carbocycles. The molecule has 1 unspecified atom stereocenters. The molecule has 108 valence electrons. The van der Waals surface area contributed by atoms with Crippen LogP contribution < -0.4 is 5.32 Å². The molecule has 0 spiro atoms. The maximum atomic E-state index is 6.06. The van der Waals surface area contributed by atoms with Crippen LogP contribution in [0.25, 0.3) is 0 Å². The normalized spacial score (nSPS) is 12.8. The molecular weight excluding hydrogens is 272 g/mol. The van der Waals surface area contributed by atoms with Crippen molar-refractivity contribution < 1.29 is 0 Å². The Bertz CT molecular complexity index is 510. The molecule has 0 aliphatic carbocycles. The van der Waals surface area contributed by atoms with Gasteiger partial charge in [-0.3, -0.25) is 0 Å². The summed E-state index contributed by atoms with van der Waals surface area (Å²) in [5, 5.41) is 7.71. The van der Waals surface area contributed by atoms with E-state index < -0.39 is 0 Å². The van der Waals surface area contributed by atoms with Gasteiger partial charge in [-0.1, -0.05) is 44.2 Å². The van der Waals surface area contributed by atoms with E-state index in [0.717, 1.165) is 12.4 Å². The van der Waals surface area contributed by atoms with E-state index in [-0.39, 0.29) is 6.04 Å². The Hall–Kier alpha value is -1.39. The molecule has 2 rings (SSSR count). The Morgan fingerprint density at radius 3 is 2.65 bits per heavy atom. The predicted octanol–water partition coefficient (Wildman–Crippen LogP) is 3.00. The Balaban J connectivity index is 1.99. The standard InChI is InChI=1S/C15H21ClN4/c1-12(2)10-20-15(18-11-19-20)9-17-14(8-16)13-6-4-3-5-7-13/h3-7,11-12,14,17H,8-10H2,1-2H3. The van der Waals surface area contributed by atoms with Gasteiger partial charge in [-0.2, -0.15) is 5.10 Å². The topological polar surface area (TPSA) is 42.7 Å². The summed E-state index contributed by atoms with van der Waals surface area (Å²) < 4.78 is 1.95. The van der Waals surface area contributed by atoms with Crippen LogP contribution in [0, 0.1) is 5.92 Å². The molecule has 1 heterocycles. The van der Waals surface area contributed by atoms with Crippen LogP contribution in [-0.4, -0.2) is 20.6 Å². The van der Waals surface area contributed by atoms with Crippen LogP contribution >= 0.6 is 11.6 Å². The van der Waals surface area contributed by atoms with Crippen molar-refractivity contribution in [3.63, 3.8) is 0 Å². The van der Waals surface area contributed by atoms with E-state index in [1.165, 1.54) is 5.56 Å². The monoisotopic (exact) mass is 292 g/mol. The Morgan fingerprint density at radius 2 is 2.00 bits per heavy atom. The molecule has 0 saturated carbocycles. The average molecular weight is 293 g/mol. The van der Waals surface area contributed by atoms with Gasteiger partial charge >= 0.3 is 0 Å². The number of aromatic nitrogens is 3. The molecule has 1 atom stereocenters. The summed E-state index contributed by atoms with van der Waals surface area (Å²) in [6, 6.07) is 10.4. The summed E-state index contributed by atoms with van der Waals surface area (Å²) in [4.78, 5) is 4.32. The molecule has 0 fully saturated rings. The lowest BCUT2D eigenvalue weighted by molar-refractivity contribution is 0.450. The molecular formula is C15H21ClN4. The Morgan fingerprint density at radius 1 is 1.25 bits per heavy atom. The van der Waals surface area contributed by atoms with Crippen LogP contribution in [0.3, 0.4) is 0 Å². The fourth-order valence-corrected chi connectivity index (χ4v) is 2.37. The third kappa shape index (κ3) is 4.05. The van der Waals surface area contributed by atoms with Crippen molar-refractivity contribution in [2.75, 3.05) is 5.88 Å². The smallest absolute Gasteiger partial charge is 0.140 e. The highest BCUT2D eigenvalue weighted by Gasteiger charge is 2.12. The first-order chi connectivity index (χ1) is 9.70. The number of rotatable bonds is 7. The molecule has 20 heavy (non-hydrogen) atoms. The third-order valence-corrected chi connectivity index (χ3v) is 3.41. The summed E-state index contributed by atoms with van der Waals surface area (Å²) in [5.74, 6) is 2.03. The summed E-state index contributed by atoms with van der Waals surface area (Å²) >= 11 is 6.06. The summed E-state index contributed by atoms with van der Waals surface area (Å²) in [6.45, 7) is 5.89. The van der Waals surface area contributed by atoms with Crippen LogP contribution in [-0.2, 0) is 13.1 Å². The van der Waals surface area contributed by atoms with Gasteiger partial charge in [-0.25, -0.2) is 9.67 Å². The quantitative estimate of drug-likeness (QED) is 0.798. The zero-order valence-corrected chi connectivity index (χ0v) is 12.7. The molecule has 0 radical (unpaired) electrons. The van der Waals surface area contributed by atoms with E-state index in [0.29, 0.717) is 18.3 Å². The number of nitrogens with one attached hydrogen (secondary N) is 1. The fraction of sp³-hybridized carbons (Fsp3) is 0.467. The second-order valence-electron chi connectivity index (χ2n) is 5.25. The maximum Gasteiger partial charge on any atom is 0.140 e. The predicted molar refractivity (Wildman–Crippen MR) is 81.6 cm³/mol. The lowest BCUT2D eigenvalue weighted by Crippen LogP contribution is -2.24. The van der Waals surface area contributed by atoms with Gasteiger partial charge in [0.05, 0.1) is 6.54 Å². The number of benzene rings is 1. The van der Waals surface area contributed by atoms with Gasteiger partial charge in [0.2, 0.25) is 0 Å². The van der Waals surface area contributed by atoms with E-state index in [4.69, 9.17) is 11.6 Å². The van der Waals surface area contributed by atoms with Gasteiger partial charge in [-0.05, 0) is 11.5 Å². The zero-order valence-electron chi connectivity index (χ0n) is 12.0. The number of nitrogens with zero attached hydrogens (tertiary/aromatic N) is 3. The molecule has 0 bridgehead atoms. The molecule has 0 aliphatic rings. The largest absolute Gasteiger partial charge is 0.302 e. The Kier molecular flexibility index (Phi) is 5.56. The highest BCUT2D eigenvalue weighted by Crippen LogP contribution is 2.14. The van der Waals surface area contributed by atoms with Gasteiger partial charge in [-0.15, -0.1) is 11.6 Å². The summed E-state index contributed by atoms with van der Waals surface area (Å²) in [5.41, 5.74) is 1.19. The van der Waals surface area contributed by atoms with Crippen molar-refractivity contribution in [1.82, 2.24) is 20.1 Å². The van der Waals surface area contributed by atoms with E-state index >= 15 is 0 Å². The minimum atomic E-state index is 0.127. The zero-order chi connectivity index (χ0) is 14.4. The molecule has 0 aliphatic heterocycles. The van der Waals surface area contributed by atoms with Crippen LogP contribution in [0.5, 0.6) is 0 Å². The first-order valence-corrected chi connectivity index (χ1v) is 7.45. The van der Waals surface area contributed by atoms with E-state index in [1.54, 1.807) is 6.33 Å². The maximum absolute atomic E-state index is 6.06. The van der Waals surface area contributed by atoms with Gasteiger partial charge in [0.1, 0.15) is 12.2 Å². The van der Waals surface area contributed by atoms with Gasteiger partial charge in [0, 0.05) is 18.5 Å². The third-order valence-electron chi connectivity index (χ3n) is 3.10. The van der Waals surface area contributed by atoms with Gasteiger partial charge in [0.25, 0.3) is 0 Å². The highest BCUT2D eigenvalue weighted by atomic mass is 35.5. The van der Waals surface area contributed by atoms with Gasteiger partial charge in [0.15, 0.2) is 0 Å². The van der Waals surface area contributed by atoms with Crippen molar-refractivity contribution >= 4 is 11.6 Å². The minimum Gasteiger partial charge on any atom is -0.302 e. The van der Waals surface area contributed by atoms with Crippen molar-refractivity contribution in [2.45, 2.75) is 33.0 Å². The number of hydrogen-bond donors (Lipinski definition) is 1. The molecule has 0 saturated heterocycles. The van der Waals surface area contributed by atoms with E-state index in [9.17, 15) is 0 Å². The molecule has 2 aromatic rings. The SMILES string of the molecule is CC(C)Cn1ncnc1CNC(CCl)c1ccccc1. The second-order valence-corrected chi connectivity index (χ2v) is 5.56. The summed E-state index contributed by atoms with van der Waals surface area (Å²) in [7, 11) is 0. The summed E-state index contributed by atoms with van der Waals surface area (Å²) in [6.07, 6.45) is 1.61. The van der Waals surface area contributed by atoms with Crippen LogP contribution in [0.2, 0.25) is 0 Å². The number of halogens is 1. The molecule has 0 amide bonds. The molecule has 4 nitrogen and oxygen atoms in total. The molecule has 1 N–H and O–H groups in total. The van der Waals surface area contributed by atoms with Crippen molar-refractivity contribution in [3.8, 4) is 0 Å². The first-order valence-electron chi connectivity index (χ1n) is 6.91. The van der Waals surface area contributed by atoms with Gasteiger partial charge < -0.3 is 5.32 Å². The van der Waals surface area contributed by atoms with Crippen LogP contribution in [0.4, 0.5) is 0 Å². The van der Waals surface area contributed by atoms with Crippen molar-refractivity contribution in [3.05, 3.63) is 48.0 Å².